The van der Waals surface area contributed by atoms with E-state index in [0.29, 0.717) is 44.3 Å². The van der Waals surface area contributed by atoms with Crippen LogP contribution in [0, 0.1) is 5.41 Å². The largest absolute Gasteiger partial charge is 0.486 e. The fraction of sp³-hybridized carbons (Fsp3) is 0.483. The average Bonchev–Trinajstić information content (AvgIpc) is 2.90. The first-order chi connectivity index (χ1) is 18.2. The van der Waals surface area contributed by atoms with Crippen LogP contribution in [0.15, 0.2) is 53.5 Å². The molecule has 2 aliphatic rings. The number of hydrogen-bond donors (Lipinski definition) is 1. The number of ether oxygens (including phenoxy) is 2. The minimum Gasteiger partial charge on any atom is -0.486 e. The third-order valence-electron chi connectivity index (χ3n) is 7.69. The third kappa shape index (κ3) is 5.48. The Morgan fingerprint density at radius 1 is 1.11 bits per heavy atom. The minimum absolute atomic E-state index is 0.0644. The Morgan fingerprint density at radius 2 is 1.87 bits per heavy atom. The normalized spacial score (nSPS) is 19.9. The molecule has 2 aromatic carbocycles. The lowest BCUT2D eigenvalue weighted by Gasteiger charge is -2.48. The van der Waals surface area contributed by atoms with Crippen molar-refractivity contribution in [2.24, 2.45) is 5.41 Å². The van der Waals surface area contributed by atoms with Crippen LogP contribution in [0.25, 0.3) is 11.0 Å². The molecule has 2 atom stereocenters. The van der Waals surface area contributed by atoms with E-state index < -0.39 is 6.09 Å². The second-order valence-corrected chi connectivity index (χ2v) is 11.2. The molecule has 1 N–H and O–H groups in total. The molecule has 0 saturated carbocycles. The number of carboxylic acid groups (broad SMARTS) is 1. The number of benzene rings is 2. The zero-order chi connectivity index (χ0) is 26.9. The molecule has 0 bridgehead atoms. The standard InChI is InChI=1S/C29H36N4O5/c1-29(2,3)26-17-21(33(28(35)36)19-20-8-9-24-25(16-20)38-15-14-37-24)10-11-31(26)12-13-32-23-7-5-4-6-22(23)30-18-27(32)34/h4-9,16,18,21,26H,10-15,17,19H2,1-3H3,(H,35,36). The maximum absolute atomic E-state index is 12.7. The number of rotatable bonds is 6. The van der Waals surface area contributed by atoms with E-state index in [4.69, 9.17) is 9.47 Å². The number of piperidine rings is 1. The van der Waals surface area contributed by atoms with Gasteiger partial charge in [0, 0.05) is 38.3 Å². The number of nitrogens with zero attached hydrogens (tertiary/aromatic N) is 4. The molecule has 3 heterocycles. The van der Waals surface area contributed by atoms with E-state index in [2.05, 4.69) is 30.7 Å². The van der Waals surface area contributed by atoms with Gasteiger partial charge >= 0.3 is 6.09 Å². The smallest absolute Gasteiger partial charge is 0.407 e. The highest BCUT2D eigenvalue weighted by Crippen LogP contribution is 2.35. The van der Waals surface area contributed by atoms with Crippen molar-refractivity contribution in [3.63, 3.8) is 0 Å². The van der Waals surface area contributed by atoms with Crippen LogP contribution in [0.1, 0.15) is 39.2 Å². The highest BCUT2D eigenvalue weighted by Gasteiger charge is 2.39. The summed E-state index contributed by atoms with van der Waals surface area (Å²) >= 11 is 0. The predicted molar refractivity (Wildman–Crippen MR) is 145 cm³/mol. The SMILES string of the molecule is CC(C)(C)C1CC(N(Cc2ccc3c(c2)OCCO3)C(=O)O)CCN1CCn1c(=O)cnc2ccccc21. The van der Waals surface area contributed by atoms with Gasteiger partial charge < -0.3 is 24.0 Å². The van der Waals surface area contributed by atoms with E-state index in [1.807, 2.05) is 42.5 Å². The number of likely N-dealkylation sites (tertiary alicyclic amines) is 1. The van der Waals surface area contributed by atoms with Crippen LogP contribution >= 0.6 is 0 Å². The first-order valence-electron chi connectivity index (χ1n) is 13.3. The maximum atomic E-state index is 12.7. The number of fused-ring (bicyclic) bond motifs is 2. The zero-order valence-corrected chi connectivity index (χ0v) is 22.3. The number of amides is 1. The third-order valence-corrected chi connectivity index (χ3v) is 7.69. The number of para-hydroxylation sites is 2. The van der Waals surface area contributed by atoms with Crippen LogP contribution in [-0.4, -0.2) is 68.9 Å². The summed E-state index contributed by atoms with van der Waals surface area (Å²) in [7, 11) is 0. The van der Waals surface area contributed by atoms with Gasteiger partial charge in [-0.2, -0.15) is 0 Å². The van der Waals surface area contributed by atoms with Crippen molar-refractivity contribution in [1.29, 1.82) is 0 Å². The first kappa shape index (κ1) is 26.0. The number of aromatic nitrogens is 2. The fourth-order valence-electron chi connectivity index (χ4n) is 5.76. The van der Waals surface area contributed by atoms with E-state index in [0.717, 1.165) is 36.0 Å². The summed E-state index contributed by atoms with van der Waals surface area (Å²) in [5.74, 6) is 1.37. The van der Waals surface area contributed by atoms with E-state index in [1.54, 1.807) is 9.47 Å². The molecule has 5 rings (SSSR count). The summed E-state index contributed by atoms with van der Waals surface area (Å²) in [4.78, 5) is 33.3. The fourth-order valence-corrected chi connectivity index (χ4v) is 5.76. The summed E-state index contributed by atoms with van der Waals surface area (Å²) in [5, 5.41) is 10.2. The Hall–Kier alpha value is -3.59. The molecule has 1 saturated heterocycles. The molecular weight excluding hydrogens is 484 g/mol. The Balaban J connectivity index is 1.32. The van der Waals surface area contributed by atoms with Gasteiger partial charge in [-0.3, -0.25) is 9.69 Å². The van der Waals surface area contributed by atoms with E-state index in [1.165, 1.54) is 6.20 Å². The van der Waals surface area contributed by atoms with Gasteiger partial charge in [0.1, 0.15) is 13.2 Å². The van der Waals surface area contributed by atoms with Gasteiger partial charge in [0.05, 0.1) is 17.2 Å². The lowest BCUT2D eigenvalue weighted by molar-refractivity contribution is 0.0131. The van der Waals surface area contributed by atoms with Crippen LogP contribution in [0.3, 0.4) is 0 Å². The van der Waals surface area contributed by atoms with E-state index in [9.17, 15) is 14.7 Å². The van der Waals surface area contributed by atoms with Gasteiger partial charge in [0.2, 0.25) is 0 Å². The van der Waals surface area contributed by atoms with Gasteiger partial charge in [0.25, 0.3) is 5.56 Å². The molecule has 3 aromatic rings. The lowest BCUT2D eigenvalue weighted by Crippen LogP contribution is -2.55. The number of carbonyl (C=O) groups is 1. The molecule has 0 radical (unpaired) electrons. The van der Waals surface area contributed by atoms with Gasteiger partial charge in [-0.25, -0.2) is 9.78 Å². The number of hydrogen-bond acceptors (Lipinski definition) is 6. The van der Waals surface area contributed by atoms with Gasteiger partial charge in [-0.05, 0) is 48.1 Å². The van der Waals surface area contributed by atoms with E-state index in [-0.39, 0.29) is 23.1 Å². The molecule has 1 aromatic heterocycles. The molecule has 38 heavy (non-hydrogen) atoms. The van der Waals surface area contributed by atoms with Crippen molar-refractivity contribution < 1.29 is 19.4 Å². The summed E-state index contributed by atoms with van der Waals surface area (Å²) < 4.78 is 13.1. The Bertz CT molecular complexity index is 1370. The quantitative estimate of drug-likeness (QED) is 0.520. The molecule has 1 amide bonds. The van der Waals surface area contributed by atoms with Crippen molar-refractivity contribution in [3.05, 3.63) is 64.6 Å². The summed E-state index contributed by atoms with van der Waals surface area (Å²) in [5.41, 5.74) is 2.34. The second-order valence-electron chi connectivity index (χ2n) is 11.2. The summed E-state index contributed by atoms with van der Waals surface area (Å²) in [6.45, 7) is 9.93. The molecular formula is C29H36N4O5. The topological polar surface area (TPSA) is 97.1 Å². The Morgan fingerprint density at radius 3 is 2.63 bits per heavy atom. The van der Waals surface area contributed by atoms with Crippen LogP contribution < -0.4 is 15.0 Å². The van der Waals surface area contributed by atoms with Crippen LogP contribution in [0.2, 0.25) is 0 Å². The van der Waals surface area contributed by atoms with Crippen molar-refractivity contribution in [2.75, 3.05) is 26.3 Å². The summed E-state index contributed by atoms with van der Waals surface area (Å²) in [6.07, 6.45) is 1.93. The zero-order valence-electron chi connectivity index (χ0n) is 22.3. The van der Waals surface area contributed by atoms with Crippen molar-refractivity contribution in [3.8, 4) is 11.5 Å². The molecule has 2 aliphatic heterocycles. The van der Waals surface area contributed by atoms with Crippen molar-refractivity contribution in [1.82, 2.24) is 19.4 Å². The van der Waals surface area contributed by atoms with Crippen molar-refractivity contribution in [2.45, 2.75) is 58.8 Å². The highest BCUT2D eigenvalue weighted by atomic mass is 16.6. The lowest BCUT2D eigenvalue weighted by atomic mass is 9.78. The average molecular weight is 521 g/mol. The molecule has 0 spiro atoms. The molecule has 9 nitrogen and oxygen atoms in total. The van der Waals surface area contributed by atoms with E-state index >= 15 is 0 Å². The van der Waals surface area contributed by atoms with Crippen LogP contribution in [0.5, 0.6) is 11.5 Å². The molecule has 9 heteroatoms. The van der Waals surface area contributed by atoms with Crippen molar-refractivity contribution >= 4 is 17.1 Å². The Labute approximate surface area is 222 Å². The first-order valence-corrected chi connectivity index (χ1v) is 13.3. The van der Waals surface area contributed by atoms with Gasteiger partial charge in [-0.15, -0.1) is 0 Å². The summed E-state index contributed by atoms with van der Waals surface area (Å²) in [6, 6.07) is 13.4. The van der Waals surface area contributed by atoms with Crippen LogP contribution in [0.4, 0.5) is 4.79 Å². The molecule has 202 valence electrons. The predicted octanol–water partition coefficient (Wildman–Crippen LogP) is 4.23. The maximum Gasteiger partial charge on any atom is 0.407 e. The Kier molecular flexibility index (Phi) is 7.29. The molecule has 0 aliphatic carbocycles. The molecule has 1 fully saturated rings. The molecule has 2 unspecified atom stereocenters. The highest BCUT2D eigenvalue weighted by molar-refractivity contribution is 5.74. The van der Waals surface area contributed by atoms with Gasteiger partial charge in [-0.1, -0.05) is 39.0 Å². The second kappa shape index (κ2) is 10.6. The van der Waals surface area contributed by atoms with Crippen LogP contribution in [-0.2, 0) is 13.1 Å². The minimum atomic E-state index is -0.916. The monoisotopic (exact) mass is 520 g/mol. The van der Waals surface area contributed by atoms with Gasteiger partial charge in [0.15, 0.2) is 11.5 Å².